The number of piperazine rings is 1. The van der Waals surface area contributed by atoms with E-state index in [1.165, 1.54) is 0 Å². The molecule has 2 amide bonds. The fraction of sp³-hybridized carbons (Fsp3) is 0.692. The van der Waals surface area contributed by atoms with Gasteiger partial charge in [-0.15, -0.1) is 0 Å². The van der Waals surface area contributed by atoms with E-state index in [1.54, 1.807) is 0 Å². The normalized spacial score (nSPS) is 21.1. The van der Waals surface area contributed by atoms with Crippen molar-refractivity contribution in [2.75, 3.05) is 32.8 Å². The molecule has 2 aliphatic rings. The zero-order chi connectivity index (χ0) is 24.0. The zero-order valence-electron chi connectivity index (χ0n) is 20.6. The Hall–Kier alpha value is -1.79. The summed E-state index contributed by atoms with van der Waals surface area (Å²) in [6, 6.07) is 6.96. The maximum absolute atomic E-state index is 13.6. The maximum atomic E-state index is 13.6. The molecule has 0 aromatic heterocycles. The van der Waals surface area contributed by atoms with Crippen molar-refractivity contribution in [3.63, 3.8) is 0 Å². The number of rotatable bonds is 9. The molecule has 0 spiro atoms. The Bertz CT molecular complexity index is 793. The van der Waals surface area contributed by atoms with Crippen LogP contribution in [0.5, 0.6) is 5.75 Å². The summed E-state index contributed by atoms with van der Waals surface area (Å²) in [4.78, 5) is 30.7. The van der Waals surface area contributed by atoms with Crippen LogP contribution in [-0.4, -0.2) is 66.5 Å². The van der Waals surface area contributed by atoms with E-state index < -0.39 is 0 Å². The molecule has 3 rings (SSSR count). The Morgan fingerprint density at radius 3 is 2.45 bits per heavy atom. The summed E-state index contributed by atoms with van der Waals surface area (Å²) >= 11 is 6.19. The molecule has 2 aliphatic heterocycles. The van der Waals surface area contributed by atoms with Crippen molar-refractivity contribution in [3.05, 3.63) is 29.3 Å². The number of likely N-dealkylation sites (tertiary alicyclic amines) is 1. The molecule has 0 aliphatic carbocycles. The number of amides is 2. The van der Waals surface area contributed by atoms with E-state index >= 15 is 0 Å². The smallest absolute Gasteiger partial charge is 0.245 e. The van der Waals surface area contributed by atoms with Gasteiger partial charge in [0, 0.05) is 26.2 Å². The van der Waals surface area contributed by atoms with E-state index in [-0.39, 0.29) is 23.9 Å². The number of halogens is 1. The van der Waals surface area contributed by atoms with Crippen LogP contribution in [0.25, 0.3) is 0 Å². The Morgan fingerprint density at radius 2 is 1.82 bits per heavy atom. The van der Waals surface area contributed by atoms with Crippen molar-refractivity contribution >= 4 is 23.4 Å². The van der Waals surface area contributed by atoms with Crippen molar-refractivity contribution in [2.45, 2.75) is 65.5 Å². The van der Waals surface area contributed by atoms with Crippen LogP contribution in [0.4, 0.5) is 0 Å². The van der Waals surface area contributed by atoms with Crippen molar-refractivity contribution in [1.82, 2.24) is 15.1 Å². The summed E-state index contributed by atoms with van der Waals surface area (Å²) in [6.45, 7) is 11.9. The average Bonchev–Trinajstić information content (AvgIpc) is 2.78. The molecule has 1 aromatic carbocycles. The second-order valence-electron chi connectivity index (χ2n) is 10.3. The predicted molar refractivity (Wildman–Crippen MR) is 132 cm³/mol. The van der Waals surface area contributed by atoms with E-state index in [9.17, 15) is 9.59 Å². The first-order valence-corrected chi connectivity index (χ1v) is 12.8. The van der Waals surface area contributed by atoms with Gasteiger partial charge in [0.1, 0.15) is 11.8 Å². The molecule has 1 aromatic rings. The number of para-hydroxylation sites is 1. The van der Waals surface area contributed by atoms with Crippen LogP contribution >= 0.6 is 11.6 Å². The SMILES string of the molecule is CC(C)CC(C(=O)N1CCC(COc2ccccc2Cl)CC1)N1CCN[C@@H](CC(C)C)C1=O. The lowest BCUT2D eigenvalue weighted by Gasteiger charge is -2.42. The van der Waals surface area contributed by atoms with Crippen LogP contribution in [0.3, 0.4) is 0 Å². The highest BCUT2D eigenvalue weighted by atomic mass is 35.5. The van der Waals surface area contributed by atoms with Crippen LogP contribution in [0.2, 0.25) is 5.02 Å². The number of piperidine rings is 1. The highest BCUT2D eigenvalue weighted by Gasteiger charge is 2.39. The standard InChI is InChI=1S/C26H40ClN3O3/c1-18(2)15-22-25(31)30(14-11-28-22)23(16-19(3)4)26(32)29-12-9-20(10-13-29)17-33-24-8-6-5-7-21(24)27/h5-8,18-20,22-23,28H,9-17H2,1-4H3/t22-,23?/m0/s1. The first-order valence-electron chi connectivity index (χ1n) is 12.5. The minimum atomic E-state index is -0.370. The highest BCUT2D eigenvalue weighted by molar-refractivity contribution is 6.32. The molecule has 2 atom stereocenters. The van der Waals surface area contributed by atoms with Crippen LogP contribution in [0.15, 0.2) is 24.3 Å². The Morgan fingerprint density at radius 1 is 1.12 bits per heavy atom. The van der Waals surface area contributed by atoms with Gasteiger partial charge in [-0.3, -0.25) is 9.59 Å². The number of nitrogens with one attached hydrogen (secondary N) is 1. The van der Waals surface area contributed by atoms with Crippen molar-refractivity contribution in [2.24, 2.45) is 17.8 Å². The van der Waals surface area contributed by atoms with E-state index in [2.05, 4.69) is 33.0 Å². The molecule has 1 unspecified atom stereocenters. The molecule has 0 saturated carbocycles. The van der Waals surface area contributed by atoms with Crippen LogP contribution in [0.1, 0.15) is 53.4 Å². The lowest BCUT2D eigenvalue weighted by atomic mass is 9.94. The van der Waals surface area contributed by atoms with Gasteiger partial charge in [-0.05, 0) is 55.6 Å². The third-order valence-corrected chi connectivity index (χ3v) is 6.94. The number of hydrogen-bond donors (Lipinski definition) is 1. The quantitative estimate of drug-likeness (QED) is 0.578. The van der Waals surface area contributed by atoms with Gasteiger partial charge >= 0.3 is 0 Å². The van der Waals surface area contributed by atoms with Gasteiger partial charge in [-0.1, -0.05) is 51.4 Å². The summed E-state index contributed by atoms with van der Waals surface area (Å²) < 4.78 is 5.93. The second-order valence-corrected chi connectivity index (χ2v) is 10.7. The first-order chi connectivity index (χ1) is 15.8. The summed E-state index contributed by atoms with van der Waals surface area (Å²) in [7, 11) is 0. The third-order valence-electron chi connectivity index (χ3n) is 6.63. The molecular formula is C26H40ClN3O3. The predicted octanol–water partition coefficient (Wildman–Crippen LogP) is 4.22. The largest absolute Gasteiger partial charge is 0.492 e. The molecule has 2 saturated heterocycles. The fourth-order valence-corrected chi connectivity index (χ4v) is 5.02. The van der Waals surface area contributed by atoms with Crippen molar-refractivity contribution in [1.29, 1.82) is 0 Å². The lowest BCUT2D eigenvalue weighted by Crippen LogP contribution is -2.62. The molecule has 0 bridgehead atoms. The number of benzene rings is 1. The third kappa shape index (κ3) is 7.10. The molecule has 2 heterocycles. The number of ether oxygens (including phenoxy) is 1. The maximum Gasteiger partial charge on any atom is 0.245 e. The molecule has 0 radical (unpaired) electrons. The van der Waals surface area contributed by atoms with E-state index in [0.717, 1.165) is 25.8 Å². The molecule has 2 fully saturated rings. The lowest BCUT2D eigenvalue weighted by molar-refractivity contribution is -0.150. The number of nitrogens with zero attached hydrogens (tertiary/aromatic N) is 2. The van der Waals surface area contributed by atoms with Gasteiger partial charge in [-0.25, -0.2) is 0 Å². The zero-order valence-corrected chi connectivity index (χ0v) is 21.3. The van der Waals surface area contributed by atoms with Gasteiger partial charge in [-0.2, -0.15) is 0 Å². The Labute approximate surface area is 204 Å². The number of carbonyl (C=O) groups excluding carboxylic acids is 2. The number of carbonyl (C=O) groups is 2. The Kier molecular flexibility index (Phi) is 9.45. The van der Waals surface area contributed by atoms with Gasteiger partial charge < -0.3 is 19.9 Å². The second kappa shape index (κ2) is 12.1. The summed E-state index contributed by atoms with van der Waals surface area (Å²) in [6.07, 6.45) is 3.30. The molecular weight excluding hydrogens is 438 g/mol. The van der Waals surface area contributed by atoms with Crippen LogP contribution < -0.4 is 10.1 Å². The van der Waals surface area contributed by atoms with E-state index in [0.29, 0.717) is 61.2 Å². The average molecular weight is 478 g/mol. The molecule has 7 heteroatoms. The minimum absolute atomic E-state index is 0.0805. The monoisotopic (exact) mass is 477 g/mol. The van der Waals surface area contributed by atoms with Crippen LogP contribution in [-0.2, 0) is 9.59 Å². The minimum Gasteiger partial charge on any atom is -0.492 e. The molecule has 6 nitrogen and oxygen atoms in total. The van der Waals surface area contributed by atoms with Gasteiger partial charge in [0.05, 0.1) is 17.7 Å². The molecule has 33 heavy (non-hydrogen) atoms. The van der Waals surface area contributed by atoms with Crippen LogP contribution in [0, 0.1) is 17.8 Å². The molecule has 184 valence electrons. The van der Waals surface area contributed by atoms with Gasteiger partial charge in [0.25, 0.3) is 0 Å². The molecule has 1 N–H and O–H groups in total. The van der Waals surface area contributed by atoms with E-state index in [4.69, 9.17) is 16.3 Å². The summed E-state index contributed by atoms with van der Waals surface area (Å²) in [5.74, 6) is 2.06. The van der Waals surface area contributed by atoms with Crippen molar-refractivity contribution in [3.8, 4) is 5.75 Å². The first kappa shape index (κ1) is 25.8. The van der Waals surface area contributed by atoms with Gasteiger partial charge in [0.15, 0.2) is 0 Å². The highest BCUT2D eigenvalue weighted by Crippen LogP contribution is 2.27. The fourth-order valence-electron chi connectivity index (χ4n) is 4.83. The van der Waals surface area contributed by atoms with Crippen molar-refractivity contribution < 1.29 is 14.3 Å². The Balaban J connectivity index is 1.58. The number of hydrogen-bond acceptors (Lipinski definition) is 4. The summed E-state index contributed by atoms with van der Waals surface area (Å²) in [5.41, 5.74) is 0. The van der Waals surface area contributed by atoms with E-state index in [1.807, 2.05) is 34.1 Å². The van der Waals surface area contributed by atoms with Gasteiger partial charge in [0.2, 0.25) is 11.8 Å². The summed E-state index contributed by atoms with van der Waals surface area (Å²) in [5, 5.41) is 3.98. The topological polar surface area (TPSA) is 61.9 Å².